The van der Waals surface area contributed by atoms with Gasteiger partial charge in [0.05, 0.1) is 18.8 Å². The standard InChI is InChI=1S/C30H50O3/c1-25(2)16-20-19-8-9-22-27(4)12-11-23(32)28(5,18-31)21(27)10-13-30(22,7)29(19,6)15-14-26(20,3)24(33)17-25/h8,20-24,31-33H,9-18H2,1-7H3/t20-,21+,22+,23+,24+,26+,27-,28+,29+,30+/m0/s1. The van der Waals surface area contributed by atoms with Crippen molar-refractivity contribution in [3.63, 3.8) is 0 Å². The van der Waals surface area contributed by atoms with Gasteiger partial charge in [-0.15, -0.1) is 0 Å². The van der Waals surface area contributed by atoms with Gasteiger partial charge in [0.2, 0.25) is 0 Å². The first-order valence-electron chi connectivity index (χ1n) is 13.9. The quantitative estimate of drug-likeness (QED) is 0.415. The molecule has 0 heterocycles. The summed E-state index contributed by atoms with van der Waals surface area (Å²) in [6.45, 7) is 17.0. The number of allylic oxidation sites excluding steroid dienone is 2. The summed E-state index contributed by atoms with van der Waals surface area (Å²) in [6.07, 6.45) is 11.7. The molecule has 3 heteroatoms. The van der Waals surface area contributed by atoms with Gasteiger partial charge in [-0.05, 0) is 97.2 Å². The van der Waals surface area contributed by atoms with Crippen molar-refractivity contribution in [3.8, 4) is 0 Å². The molecule has 4 fully saturated rings. The van der Waals surface area contributed by atoms with Crippen molar-refractivity contribution in [2.45, 2.75) is 118 Å². The monoisotopic (exact) mass is 458 g/mol. The normalized spacial score (nSPS) is 57.8. The minimum Gasteiger partial charge on any atom is -0.396 e. The van der Waals surface area contributed by atoms with Crippen LogP contribution in [0.2, 0.25) is 0 Å². The van der Waals surface area contributed by atoms with Crippen LogP contribution in [0.3, 0.4) is 0 Å². The second-order valence-electron chi connectivity index (χ2n) is 15.2. The van der Waals surface area contributed by atoms with Crippen molar-refractivity contribution in [2.24, 2.45) is 50.2 Å². The molecule has 33 heavy (non-hydrogen) atoms. The van der Waals surface area contributed by atoms with Crippen LogP contribution in [0.5, 0.6) is 0 Å². The molecular weight excluding hydrogens is 408 g/mol. The van der Waals surface area contributed by atoms with Gasteiger partial charge in [-0.2, -0.15) is 0 Å². The minimum atomic E-state index is -0.392. The third kappa shape index (κ3) is 2.91. The lowest BCUT2D eigenvalue weighted by molar-refractivity contribution is -0.218. The van der Waals surface area contributed by atoms with Crippen LogP contribution in [-0.2, 0) is 0 Å². The molecule has 0 aromatic heterocycles. The fourth-order valence-corrected chi connectivity index (χ4v) is 10.7. The lowest BCUT2D eigenvalue weighted by Gasteiger charge is -2.71. The summed E-state index contributed by atoms with van der Waals surface area (Å²) >= 11 is 0. The van der Waals surface area contributed by atoms with Crippen molar-refractivity contribution < 1.29 is 15.3 Å². The molecule has 0 amide bonds. The molecule has 3 nitrogen and oxygen atoms in total. The van der Waals surface area contributed by atoms with E-state index >= 15 is 0 Å². The predicted octanol–water partition coefficient (Wildman–Crippen LogP) is 6.11. The van der Waals surface area contributed by atoms with E-state index in [0.717, 1.165) is 38.5 Å². The van der Waals surface area contributed by atoms with Crippen molar-refractivity contribution in [2.75, 3.05) is 6.61 Å². The molecule has 0 aliphatic heterocycles. The SMILES string of the molecule is CC1(C)C[C@@H](O)[C@]2(C)CC[C@]3(C)C(=CC[C@@H]4[C@@]5(C)CC[C@@H](O)[C@](C)(CO)[C@@H]5CC[C@]43C)[C@@H]2C1. The Hall–Kier alpha value is -0.380. The predicted molar refractivity (Wildman–Crippen MR) is 134 cm³/mol. The fourth-order valence-electron chi connectivity index (χ4n) is 10.7. The topological polar surface area (TPSA) is 60.7 Å². The second kappa shape index (κ2) is 7.10. The number of rotatable bonds is 1. The third-order valence-electron chi connectivity index (χ3n) is 13.2. The van der Waals surface area contributed by atoms with Gasteiger partial charge >= 0.3 is 0 Å². The molecule has 5 rings (SSSR count). The van der Waals surface area contributed by atoms with Crippen LogP contribution in [0, 0.1) is 50.2 Å². The summed E-state index contributed by atoms with van der Waals surface area (Å²) in [5.41, 5.74) is 2.04. The Bertz CT molecular complexity index is 847. The summed E-state index contributed by atoms with van der Waals surface area (Å²) in [5, 5.41) is 32.6. The van der Waals surface area contributed by atoms with Crippen LogP contribution in [-0.4, -0.2) is 34.1 Å². The van der Waals surface area contributed by atoms with Gasteiger partial charge in [0.15, 0.2) is 0 Å². The van der Waals surface area contributed by atoms with Crippen LogP contribution in [0.4, 0.5) is 0 Å². The van der Waals surface area contributed by atoms with E-state index in [1.54, 1.807) is 5.57 Å². The first-order chi connectivity index (χ1) is 15.2. The van der Waals surface area contributed by atoms with Gasteiger partial charge in [0.25, 0.3) is 0 Å². The molecule has 0 aromatic carbocycles. The highest BCUT2D eigenvalue weighted by molar-refractivity contribution is 5.34. The van der Waals surface area contributed by atoms with Crippen molar-refractivity contribution in [1.82, 2.24) is 0 Å². The van der Waals surface area contributed by atoms with Crippen LogP contribution in [0.25, 0.3) is 0 Å². The third-order valence-corrected chi connectivity index (χ3v) is 13.2. The lowest BCUT2D eigenvalue weighted by Crippen LogP contribution is -2.66. The molecule has 5 aliphatic rings. The molecule has 5 aliphatic carbocycles. The molecule has 0 spiro atoms. The Morgan fingerprint density at radius 2 is 1.48 bits per heavy atom. The zero-order valence-corrected chi connectivity index (χ0v) is 22.4. The van der Waals surface area contributed by atoms with E-state index in [9.17, 15) is 15.3 Å². The molecule has 0 aromatic rings. The van der Waals surface area contributed by atoms with Gasteiger partial charge in [-0.1, -0.05) is 60.1 Å². The summed E-state index contributed by atoms with van der Waals surface area (Å²) in [4.78, 5) is 0. The van der Waals surface area contributed by atoms with E-state index in [1.165, 1.54) is 19.3 Å². The molecule has 0 radical (unpaired) electrons. The summed E-state index contributed by atoms with van der Waals surface area (Å²) in [7, 11) is 0. The van der Waals surface area contributed by atoms with Crippen LogP contribution >= 0.6 is 0 Å². The zero-order chi connectivity index (χ0) is 24.2. The number of aliphatic hydroxyl groups is 3. The summed E-state index contributed by atoms with van der Waals surface area (Å²) in [6, 6.07) is 0. The largest absolute Gasteiger partial charge is 0.396 e. The molecule has 0 saturated heterocycles. The van der Waals surface area contributed by atoms with E-state index in [0.29, 0.717) is 17.8 Å². The number of hydrogen-bond acceptors (Lipinski definition) is 3. The maximum atomic E-state index is 11.3. The van der Waals surface area contributed by atoms with Gasteiger partial charge in [-0.25, -0.2) is 0 Å². The Kier molecular flexibility index (Phi) is 5.23. The van der Waals surface area contributed by atoms with Crippen LogP contribution in [0.1, 0.15) is 106 Å². The van der Waals surface area contributed by atoms with Gasteiger partial charge in [0.1, 0.15) is 0 Å². The highest BCUT2D eigenvalue weighted by Gasteiger charge is 2.69. The molecule has 4 saturated carbocycles. The van der Waals surface area contributed by atoms with E-state index < -0.39 is 6.10 Å². The second-order valence-corrected chi connectivity index (χ2v) is 15.2. The van der Waals surface area contributed by atoms with Gasteiger partial charge in [-0.3, -0.25) is 0 Å². The first-order valence-corrected chi connectivity index (χ1v) is 13.9. The average molecular weight is 459 g/mol. The molecule has 0 unspecified atom stereocenters. The van der Waals surface area contributed by atoms with Crippen molar-refractivity contribution in [3.05, 3.63) is 11.6 Å². The van der Waals surface area contributed by atoms with Crippen LogP contribution in [0.15, 0.2) is 11.6 Å². The van der Waals surface area contributed by atoms with Gasteiger partial charge in [0, 0.05) is 10.8 Å². The smallest absolute Gasteiger partial charge is 0.0618 e. The van der Waals surface area contributed by atoms with E-state index in [-0.39, 0.29) is 45.2 Å². The highest BCUT2D eigenvalue weighted by atomic mass is 16.3. The molecule has 3 N–H and O–H groups in total. The fraction of sp³-hybridized carbons (Fsp3) is 0.933. The zero-order valence-electron chi connectivity index (χ0n) is 22.4. The number of hydrogen-bond donors (Lipinski definition) is 3. The van der Waals surface area contributed by atoms with E-state index in [1.807, 2.05) is 0 Å². The molecular formula is C30H50O3. The Labute approximate surface area is 202 Å². The van der Waals surface area contributed by atoms with Gasteiger partial charge < -0.3 is 15.3 Å². The lowest BCUT2D eigenvalue weighted by atomic mass is 9.33. The van der Waals surface area contributed by atoms with Crippen molar-refractivity contribution >= 4 is 0 Å². The van der Waals surface area contributed by atoms with Crippen LogP contribution < -0.4 is 0 Å². The highest BCUT2D eigenvalue weighted by Crippen LogP contribution is 2.75. The average Bonchev–Trinajstić information content (AvgIpc) is 2.73. The Morgan fingerprint density at radius 1 is 0.788 bits per heavy atom. The Morgan fingerprint density at radius 3 is 2.15 bits per heavy atom. The maximum Gasteiger partial charge on any atom is 0.0618 e. The number of aliphatic hydroxyl groups excluding tert-OH is 3. The maximum absolute atomic E-state index is 11.3. The van der Waals surface area contributed by atoms with E-state index in [2.05, 4.69) is 54.5 Å². The number of fused-ring (bicyclic) bond motifs is 7. The molecule has 0 bridgehead atoms. The first kappa shape index (κ1) is 24.3. The molecule has 10 atom stereocenters. The summed E-state index contributed by atoms with van der Waals surface area (Å²) < 4.78 is 0. The van der Waals surface area contributed by atoms with Crippen molar-refractivity contribution in [1.29, 1.82) is 0 Å². The Balaban J connectivity index is 1.58. The van der Waals surface area contributed by atoms with E-state index in [4.69, 9.17) is 0 Å². The summed E-state index contributed by atoms with van der Waals surface area (Å²) in [5.74, 6) is 1.44. The minimum absolute atomic E-state index is 0.00950. The molecule has 188 valence electrons.